The molecule has 150 valence electrons. The smallest absolute Gasteiger partial charge is 0.240 e. The summed E-state index contributed by atoms with van der Waals surface area (Å²) in [6.45, 7) is 3.51. The quantitative estimate of drug-likeness (QED) is 0.824. The standard InChI is InChI=1S/C20H27N5O2S/c26-28(27,17-7-2-1-3-8-17)23-18-9-4-5-10-19(18)24-13-15-25(16-14-24)20-21-11-6-12-22-20/h1-3,6-8,11-12,18-19,23H,4-5,9-10,13-16H2/t18-,19-/m0/s1. The normalized spacial score (nSPS) is 24.2. The van der Waals surface area contributed by atoms with Gasteiger partial charge in [0.05, 0.1) is 4.90 Å². The first kappa shape index (κ1) is 19.3. The lowest BCUT2D eigenvalue weighted by molar-refractivity contribution is 0.123. The van der Waals surface area contributed by atoms with Crippen LogP contribution in [0.4, 0.5) is 5.95 Å². The van der Waals surface area contributed by atoms with Gasteiger partial charge in [-0.15, -0.1) is 0 Å². The Morgan fingerprint density at radius 2 is 1.57 bits per heavy atom. The Morgan fingerprint density at radius 1 is 0.893 bits per heavy atom. The number of anilines is 1. The van der Waals surface area contributed by atoms with E-state index in [0.29, 0.717) is 4.90 Å². The predicted octanol–water partition coefficient (Wildman–Crippen LogP) is 1.89. The molecule has 2 aliphatic rings. The van der Waals surface area contributed by atoms with Crippen LogP contribution in [0.1, 0.15) is 25.7 Å². The third-order valence-corrected chi connectivity index (χ3v) is 7.21. The number of nitrogens with one attached hydrogen (secondary N) is 1. The molecule has 2 heterocycles. The van der Waals surface area contributed by atoms with Gasteiger partial charge in [0, 0.05) is 50.7 Å². The van der Waals surface area contributed by atoms with Gasteiger partial charge in [0.1, 0.15) is 0 Å². The van der Waals surface area contributed by atoms with E-state index in [9.17, 15) is 8.42 Å². The van der Waals surface area contributed by atoms with Crippen LogP contribution in [-0.2, 0) is 10.0 Å². The topological polar surface area (TPSA) is 78.4 Å². The molecule has 0 bridgehead atoms. The highest BCUT2D eigenvalue weighted by Crippen LogP contribution is 2.26. The van der Waals surface area contributed by atoms with Gasteiger partial charge in [-0.1, -0.05) is 31.0 Å². The monoisotopic (exact) mass is 401 g/mol. The van der Waals surface area contributed by atoms with Crippen LogP contribution in [0.15, 0.2) is 53.7 Å². The Balaban J connectivity index is 1.42. The summed E-state index contributed by atoms with van der Waals surface area (Å²) in [5, 5.41) is 0. The molecule has 0 amide bonds. The van der Waals surface area contributed by atoms with Gasteiger partial charge in [-0.25, -0.2) is 23.1 Å². The van der Waals surface area contributed by atoms with Crippen LogP contribution in [0.3, 0.4) is 0 Å². The van der Waals surface area contributed by atoms with Crippen LogP contribution >= 0.6 is 0 Å². The molecule has 0 unspecified atom stereocenters. The molecule has 1 aliphatic carbocycles. The zero-order valence-electron chi connectivity index (χ0n) is 15.9. The number of nitrogens with zero attached hydrogens (tertiary/aromatic N) is 4. The fourth-order valence-corrected chi connectivity index (χ4v) is 5.59. The van der Waals surface area contributed by atoms with Crippen LogP contribution < -0.4 is 9.62 Å². The van der Waals surface area contributed by atoms with Crippen LogP contribution in [0.2, 0.25) is 0 Å². The van der Waals surface area contributed by atoms with Gasteiger partial charge >= 0.3 is 0 Å². The predicted molar refractivity (Wildman–Crippen MR) is 109 cm³/mol. The first-order valence-corrected chi connectivity index (χ1v) is 11.5. The Bertz CT molecular complexity index is 855. The second-order valence-corrected chi connectivity index (χ2v) is 9.18. The van der Waals surface area contributed by atoms with E-state index < -0.39 is 10.0 Å². The van der Waals surface area contributed by atoms with Crippen molar-refractivity contribution in [3.05, 3.63) is 48.8 Å². The van der Waals surface area contributed by atoms with Crippen molar-refractivity contribution in [1.29, 1.82) is 0 Å². The maximum atomic E-state index is 12.8. The number of hydrogen-bond donors (Lipinski definition) is 1. The highest BCUT2D eigenvalue weighted by molar-refractivity contribution is 7.89. The Kier molecular flexibility index (Phi) is 5.89. The molecule has 8 heteroatoms. The number of hydrogen-bond acceptors (Lipinski definition) is 6. The maximum absolute atomic E-state index is 12.8. The fraction of sp³-hybridized carbons (Fsp3) is 0.500. The second kappa shape index (κ2) is 8.55. The van der Waals surface area contributed by atoms with Gasteiger partial charge in [0.25, 0.3) is 0 Å². The van der Waals surface area contributed by atoms with Gasteiger partial charge in [-0.2, -0.15) is 0 Å². The minimum Gasteiger partial charge on any atom is -0.338 e. The van der Waals surface area contributed by atoms with Gasteiger partial charge in [0.15, 0.2) is 0 Å². The van der Waals surface area contributed by atoms with E-state index in [1.807, 2.05) is 12.1 Å². The van der Waals surface area contributed by atoms with Crippen molar-refractivity contribution in [3.8, 4) is 0 Å². The number of aromatic nitrogens is 2. The van der Waals surface area contributed by atoms with E-state index in [2.05, 4.69) is 24.5 Å². The molecule has 1 aromatic carbocycles. The minimum atomic E-state index is -3.49. The van der Waals surface area contributed by atoms with Crippen molar-refractivity contribution in [2.75, 3.05) is 31.1 Å². The van der Waals surface area contributed by atoms with Crippen molar-refractivity contribution in [3.63, 3.8) is 0 Å². The minimum absolute atomic E-state index is 0.0431. The summed E-state index contributed by atoms with van der Waals surface area (Å²) in [6.07, 6.45) is 7.67. The number of sulfonamides is 1. The fourth-order valence-electron chi connectivity index (χ4n) is 4.26. The first-order chi connectivity index (χ1) is 13.6. The highest BCUT2D eigenvalue weighted by Gasteiger charge is 2.34. The van der Waals surface area contributed by atoms with Crippen molar-refractivity contribution in [2.24, 2.45) is 0 Å². The molecule has 2 atom stereocenters. The van der Waals surface area contributed by atoms with Gasteiger partial charge in [0.2, 0.25) is 16.0 Å². The summed E-state index contributed by atoms with van der Waals surface area (Å²) in [7, 11) is -3.49. The summed E-state index contributed by atoms with van der Waals surface area (Å²) in [4.78, 5) is 13.7. The van der Waals surface area contributed by atoms with Crippen LogP contribution in [0.25, 0.3) is 0 Å². The average molecular weight is 402 g/mol. The van der Waals surface area contributed by atoms with Crippen LogP contribution in [0.5, 0.6) is 0 Å². The summed E-state index contributed by atoms with van der Waals surface area (Å²) in [5.74, 6) is 0.770. The van der Waals surface area contributed by atoms with Gasteiger partial charge < -0.3 is 4.90 Å². The van der Waals surface area contributed by atoms with Gasteiger partial charge in [-0.05, 0) is 31.0 Å². The zero-order valence-corrected chi connectivity index (χ0v) is 16.8. The van der Waals surface area contributed by atoms with Crippen LogP contribution in [0, 0.1) is 0 Å². The molecule has 1 N–H and O–H groups in total. The molecule has 1 aliphatic heterocycles. The van der Waals surface area contributed by atoms with E-state index in [0.717, 1.165) is 57.8 Å². The molecular weight excluding hydrogens is 374 g/mol. The van der Waals surface area contributed by atoms with Crippen molar-refractivity contribution >= 4 is 16.0 Å². The second-order valence-electron chi connectivity index (χ2n) is 7.46. The largest absolute Gasteiger partial charge is 0.338 e. The molecule has 1 aromatic heterocycles. The zero-order chi connectivity index (χ0) is 19.4. The highest BCUT2D eigenvalue weighted by atomic mass is 32.2. The Morgan fingerprint density at radius 3 is 2.29 bits per heavy atom. The van der Waals surface area contributed by atoms with Crippen molar-refractivity contribution in [2.45, 2.75) is 42.7 Å². The molecular formula is C20H27N5O2S. The lowest BCUT2D eigenvalue weighted by Gasteiger charge is -2.44. The lowest BCUT2D eigenvalue weighted by Crippen LogP contribution is -2.58. The Labute approximate surface area is 166 Å². The molecule has 2 fully saturated rings. The van der Waals surface area contributed by atoms with Gasteiger partial charge in [-0.3, -0.25) is 4.90 Å². The van der Waals surface area contributed by atoms with Crippen molar-refractivity contribution < 1.29 is 8.42 Å². The molecule has 1 saturated heterocycles. The molecule has 0 radical (unpaired) electrons. The van der Waals surface area contributed by atoms with E-state index in [1.54, 1.807) is 36.7 Å². The summed E-state index contributed by atoms with van der Waals surface area (Å²) in [6, 6.07) is 10.7. The van der Waals surface area contributed by atoms with E-state index >= 15 is 0 Å². The number of piperazine rings is 1. The lowest BCUT2D eigenvalue weighted by atomic mass is 9.89. The first-order valence-electron chi connectivity index (χ1n) is 9.97. The molecule has 4 rings (SSSR count). The molecule has 0 spiro atoms. The summed E-state index contributed by atoms with van der Waals surface area (Å²) < 4.78 is 28.6. The third-order valence-electron chi connectivity index (χ3n) is 5.71. The van der Waals surface area contributed by atoms with Crippen molar-refractivity contribution in [1.82, 2.24) is 19.6 Å². The maximum Gasteiger partial charge on any atom is 0.240 e. The average Bonchev–Trinajstić information content (AvgIpc) is 2.75. The third kappa shape index (κ3) is 4.34. The van der Waals surface area contributed by atoms with E-state index in [4.69, 9.17) is 0 Å². The van der Waals surface area contributed by atoms with E-state index in [-0.39, 0.29) is 12.1 Å². The SMILES string of the molecule is O=S(=O)(N[C@H]1CCCC[C@@H]1N1CCN(c2ncccn2)CC1)c1ccccc1. The molecule has 1 saturated carbocycles. The number of benzene rings is 1. The summed E-state index contributed by atoms with van der Waals surface area (Å²) in [5.41, 5.74) is 0. The Hall–Kier alpha value is -2.03. The summed E-state index contributed by atoms with van der Waals surface area (Å²) >= 11 is 0. The molecule has 2 aromatic rings. The molecule has 7 nitrogen and oxygen atoms in total. The van der Waals surface area contributed by atoms with E-state index in [1.165, 1.54) is 0 Å². The van der Waals surface area contributed by atoms with Crippen LogP contribution in [-0.4, -0.2) is 61.5 Å². The molecule has 28 heavy (non-hydrogen) atoms. The number of rotatable bonds is 5.